The van der Waals surface area contributed by atoms with Gasteiger partial charge in [0.05, 0.1) is 16.9 Å². The van der Waals surface area contributed by atoms with E-state index < -0.39 is 0 Å². The van der Waals surface area contributed by atoms with E-state index in [0.29, 0.717) is 5.95 Å². The Hall–Kier alpha value is -1.58. The van der Waals surface area contributed by atoms with Gasteiger partial charge < -0.3 is 5.73 Å². The summed E-state index contributed by atoms with van der Waals surface area (Å²) in [6.45, 7) is 8.08. The summed E-state index contributed by atoms with van der Waals surface area (Å²) in [4.78, 5) is 4.21. The Morgan fingerprint density at radius 3 is 2.29 bits per heavy atom. The SMILES string of the molecule is Cc1nn2c(N)nc(C)c2c(C)c1C. The van der Waals surface area contributed by atoms with Crippen LogP contribution < -0.4 is 5.73 Å². The van der Waals surface area contributed by atoms with Gasteiger partial charge in [-0.05, 0) is 38.8 Å². The summed E-state index contributed by atoms with van der Waals surface area (Å²) < 4.78 is 1.72. The zero-order valence-corrected chi connectivity index (χ0v) is 8.92. The molecule has 0 atom stereocenters. The Bertz CT molecular complexity index is 511. The molecule has 0 saturated carbocycles. The predicted octanol–water partition coefficient (Wildman–Crippen LogP) is 1.55. The first-order valence-electron chi connectivity index (χ1n) is 4.61. The molecule has 0 amide bonds. The third-order valence-corrected chi connectivity index (χ3v) is 2.76. The summed E-state index contributed by atoms with van der Waals surface area (Å²) in [7, 11) is 0. The second kappa shape index (κ2) is 2.70. The van der Waals surface area contributed by atoms with Gasteiger partial charge in [-0.3, -0.25) is 0 Å². The van der Waals surface area contributed by atoms with Gasteiger partial charge in [0.15, 0.2) is 0 Å². The Labute approximate surface area is 82.8 Å². The van der Waals surface area contributed by atoms with E-state index >= 15 is 0 Å². The van der Waals surface area contributed by atoms with Crippen LogP contribution in [0.3, 0.4) is 0 Å². The molecule has 0 fully saturated rings. The largest absolute Gasteiger partial charge is 0.368 e. The molecular formula is C10H14N4. The van der Waals surface area contributed by atoms with Crippen LogP contribution in [-0.2, 0) is 0 Å². The minimum Gasteiger partial charge on any atom is -0.368 e. The molecule has 0 bridgehead atoms. The third kappa shape index (κ3) is 0.999. The number of nitrogen functional groups attached to an aromatic ring is 1. The van der Waals surface area contributed by atoms with Gasteiger partial charge in [0.2, 0.25) is 5.95 Å². The van der Waals surface area contributed by atoms with Crippen LogP contribution in [0.15, 0.2) is 0 Å². The minimum atomic E-state index is 0.462. The van der Waals surface area contributed by atoms with E-state index in [1.807, 2.05) is 13.8 Å². The van der Waals surface area contributed by atoms with Gasteiger partial charge in [0.25, 0.3) is 0 Å². The van der Waals surface area contributed by atoms with Crippen molar-refractivity contribution in [2.24, 2.45) is 0 Å². The van der Waals surface area contributed by atoms with E-state index in [1.165, 1.54) is 11.1 Å². The van der Waals surface area contributed by atoms with Crippen molar-refractivity contribution in [2.45, 2.75) is 27.7 Å². The number of nitrogens with two attached hydrogens (primary N) is 1. The summed E-state index contributed by atoms with van der Waals surface area (Å²) in [5, 5.41) is 4.39. The number of hydrogen-bond acceptors (Lipinski definition) is 3. The van der Waals surface area contributed by atoms with Crippen molar-refractivity contribution in [2.75, 3.05) is 5.73 Å². The van der Waals surface area contributed by atoms with Gasteiger partial charge >= 0.3 is 0 Å². The molecule has 0 aromatic carbocycles. The molecule has 0 aliphatic heterocycles. The Morgan fingerprint density at radius 2 is 1.64 bits per heavy atom. The van der Waals surface area contributed by atoms with E-state index in [4.69, 9.17) is 5.73 Å². The highest BCUT2D eigenvalue weighted by Crippen LogP contribution is 2.21. The Balaban J connectivity index is 3.01. The highest BCUT2D eigenvalue weighted by Gasteiger charge is 2.12. The predicted molar refractivity (Wildman–Crippen MR) is 56.3 cm³/mol. The van der Waals surface area contributed by atoms with E-state index in [9.17, 15) is 0 Å². The molecular weight excluding hydrogens is 176 g/mol. The molecule has 14 heavy (non-hydrogen) atoms. The molecule has 2 aromatic rings. The third-order valence-electron chi connectivity index (χ3n) is 2.76. The average molecular weight is 190 g/mol. The van der Waals surface area contributed by atoms with Crippen molar-refractivity contribution in [3.63, 3.8) is 0 Å². The highest BCUT2D eigenvalue weighted by atomic mass is 15.3. The molecule has 0 saturated heterocycles. The first-order chi connectivity index (χ1) is 6.52. The lowest BCUT2D eigenvalue weighted by atomic mass is 10.1. The molecule has 0 aliphatic rings. The number of rotatable bonds is 0. The van der Waals surface area contributed by atoms with Crippen molar-refractivity contribution in [1.29, 1.82) is 0 Å². The van der Waals surface area contributed by atoms with E-state index in [2.05, 4.69) is 23.9 Å². The van der Waals surface area contributed by atoms with Crippen molar-refractivity contribution >= 4 is 11.5 Å². The highest BCUT2D eigenvalue weighted by molar-refractivity contribution is 5.63. The van der Waals surface area contributed by atoms with Gasteiger partial charge in [0, 0.05) is 0 Å². The zero-order chi connectivity index (χ0) is 10.5. The maximum atomic E-state index is 5.75. The Kier molecular flexibility index (Phi) is 1.74. The number of hydrogen-bond donors (Lipinski definition) is 1. The van der Waals surface area contributed by atoms with Gasteiger partial charge in [-0.1, -0.05) is 0 Å². The normalized spacial score (nSPS) is 11.1. The second-order valence-electron chi connectivity index (χ2n) is 3.65. The van der Waals surface area contributed by atoms with Crippen LogP contribution in [-0.4, -0.2) is 14.6 Å². The first-order valence-corrected chi connectivity index (χ1v) is 4.61. The fraction of sp³-hybridized carbons (Fsp3) is 0.400. The lowest BCUT2D eigenvalue weighted by molar-refractivity contribution is 0.886. The monoisotopic (exact) mass is 190 g/mol. The van der Waals surface area contributed by atoms with Crippen molar-refractivity contribution in [3.05, 3.63) is 22.5 Å². The summed E-state index contributed by atoms with van der Waals surface area (Å²) >= 11 is 0. The molecule has 4 nitrogen and oxygen atoms in total. The van der Waals surface area contributed by atoms with Crippen LogP contribution in [0.2, 0.25) is 0 Å². The first kappa shape index (κ1) is 8.99. The lowest BCUT2D eigenvalue weighted by Crippen LogP contribution is -2.03. The average Bonchev–Trinajstić information content (AvgIpc) is 2.38. The zero-order valence-electron chi connectivity index (χ0n) is 8.92. The number of aromatic nitrogens is 3. The van der Waals surface area contributed by atoms with Crippen LogP contribution in [0, 0.1) is 27.7 Å². The summed E-state index contributed by atoms with van der Waals surface area (Å²) in [6, 6.07) is 0. The molecule has 0 spiro atoms. The lowest BCUT2D eigenvalue weighted by Gasteiger charge is -2.06. The van der Waals surface area contributed by atoms with Crippen LogP contribution in [0.4, 0.5) is 5.95 Å². The number of fused-ring (bicyclic) bond motifs is 1. The fourth-order valence-corrected chi connectivity index (χ4v) is 1.75. The molecule has 2 rings (SSSR count). The molecule has 4 heteroatoms. The summed E-state index contributed by atoms with van der Waals surface area (Å²) in [6.07, 6.45) is 0. The minimum absolute atomic E-state index is 0.462. The molecule has 2 N–H and O–H groups in total. The molecule has 2 heterocycles. The smallest absolute Gasteiger partial charge is 0.222 e. The standard InChI is InChI=1S/C10H14N4/c1-5-6(2)9-8(4)12-10(11)14(9)13-7(5)3/h1-4H3,(H2,11,12). The van der Waals surface area contributed by atoms with Crippen molar-refractivity contribution in [1.82, 2.24) is 14.6 Å². The summed E-state index contributed by atoms with van der Waals surface area (Å²) in [5.74, 6) is 0.462. The quantitative estimate of drug-likeness (QED) is 0.685. The maximum absolute atomic E-state index is 5.75. The maximum Gasteiger partial charge on any atom is 0.222 e. The molecule has 74 valence electrons. The number of imidazole rings is 1. The van der Waals surface area contributed by atoms with Crippen molar-refractivity contribution < 1.29 is 0 Å². The fourth-order valence-electron chi connectivity index (χ4n) is 1.75. The molecule has 0 unspecified atom stereocenters. The number of nitrogens with zero attached hydrogens (tertiary/aromatic N) is 3. The van der Waals surface area contributed by atoms with Gasteiger partial charge in [-0.2, -0.15) is 9.61 Å². The van der Waals surface area contributed by atoms with Gasteiger partial charge in [-0.25, -0.2) is 4.98 Å². The van der Waals surface area contributed by atoms with Crippen molar-refractivity contribution in [3.8, 4) is 0 Å². The molecule has 2 aromatic heterocycles. The Morgan fingerprint density at radius 1 is 1.00 bits per heavy atom. The molecule has 0 aliphatic carbocycles. The van der Waals surface area contributed by atoms with E-state index in [1.54, 1.807) is 4.52 Å². The second-order valence-corrected chi connectivity index (χ2v) is 3.65. The van der Waals surface area contributed by atoms with Crippen LogP contribution >= 0.6 is 0 Å². The van der Waals surface area contributed by atoms with E-state index in [0.717, 1.165) is 16.9 Å². The van der Waals surface area contributed by atoms with Crippen LogP contribution in [0.5, 0.6) is 0 Å². The van der Waals surface area contributed by atoms with Crippen LogP contribution in [0.1, 0.15) is 22.5 Å². The summed E-state index contributed by atoms with van der Waals surface area (Å²) in [5.41, 5.74) is 11.1. The number of anilines is 1. The van der Waals surface area contributed by atoms with Gasteiger partial charge in [0.1, 0.15) is 0 Å². The van der Waals surface area contributed by atoms with Crippen LogP contribution in [0.25, 0.3) is 5.52 Å². The topological polar surface area (TPSA) is 56.2 Å². The molecule has 0 radical (unpaired) electrons. The number of aryl methyl sites for hydroxylation is 3. The van der Waals surface area contributed by atoms with Gasteiger partial charge in [-0.15, -0.1) is 0 Å². The van der Waals surface area contributed by atoms with E-state index in [-0.39, 0.29) is 0 Å².